The third kappa shape index (κ3) is 3.42. The summed E-state index contributed by atoms with van der Waals surface area (Å²) in [5, 5.41) is 9.35. The third-order valence-electron chi connectivity index (χ3n) is 3.88. The molecule has 0 N–H and O–H groups in total. The highest BCUT2D eigenvalue weighted by Crippen LogP contribution is 2.27. The van der Waals surface area contributed by atoms with Gasteiger partial charge in [0, 0.05) is 40.4 Å². The van der Waals surface area contributed by atoms with Crippen LogP contribution in [-0.2, 0) is 0 Å². The van der Waals surface area contributed by atoms with E-state index in [1.165, 1.54) is 6.20 Å². The van der Waals surface area contributed by atoms with Crippen molar-refractivity contribution < 1.29 is 4.79 Å². The molecule has 1 unspecified atom stereocenters. The Labute approximate surface area is 135 Å². The van der Waals surface area contributed by atoms with Gasteiger partial charge in [0.2, 0.25) is 0 Å². The molecule has 0 aromatic carbocycles. The maximum atomic E-state index is 12.1. The van der Waals surface area contributed by atoms with Gasteiger partial charge in [0.15, 0.2) is 0 Å². The fourth-order valence-corrected chi connectivity index (χ4v) is 2.95. The Morgan fingerprint density at radius 2 is 2.23 bits per heavy atom. The van der Waals surface area contributed by atoms with E-state index in [9.17, 15) is 4.79 Å². The fraction of sp³-hybridized carbons (Fsp3) is 0.533. The number of carbonyl (C=O) groups excluding carboxylic acids is 1. The van der Waals surface area contributed by atoms with E-state index in [4.69, 9.17) is 16.9 Å². The molecule has 1 aliphatic rings. The average molecular weight is 322 g/mol. The summed E-state index contributed by atoms with van der Waals surface area (Å²) in [5.74, 6) is 0.677. The van der Waals surface area contributed by atoms with Crippen molar-refractivity contribution in [3.8, 4) is 6.07 Å². The van der Waals surface area contributed by atoms with Crippen molar-refractivity contribution in [2.45, 2.75) is 18.9 Å². The molecular weight excluding hydrogens is 302 g/mol. The summed E-state index contributed by atoms with van der Waals surface area (Å²) in [7, 11) is 5.32. The van der Waals surface area contributed by atoms with Gasteiger partial charge in [-0.25, -0.2) is 9.78 Å². The van der Waals surface area contributed by atoms with Crippen LogP contribution in [0.5, 0.6) is 0 Å². The Morgan fingerprint density at radius 3 is 2.82 bits per heavy atom. The molecule has 0 bridgehead atoms. The van der Waals surface area contributed by atoms with Gasteiger partial charge >= 0.3 is 6.03 Å². The van der Waals surface area contributed by atoms with Crippen LogP contribution >= 0.6 is 11.6 Å². The number of piperidine rings is 1. The summed E-state index contributed by atoms with van der Waals surface area (Å²) in [4.78, 5) is 21.8. The number of nitriles is 1. The number of halogens is 1. The predicted molar refractivity (Wildman–Crippen MR) is 86.0 cm³/mol. The fourth-order valence-electron chi connectivity index (χ4n) is 2.66. The molecule has 1 atom stereocenters. The second-order valence-electron chi connectivity index (χ2n) is 5.67. The van der Waals surface area contributed by atoms with E-state index in [1.807, 2.05) is 13.1 Å². The number of likely N-dealkylation sites (N-methyl/N-ethyl adjacent to an activating group) is 1. The van der Waals surface area contributed by atoms with Crippen LogP contribution in [0.15, 0.2) is 12.3 Å². The molecule has 6 nitrogen and oxygen atoms in total. The zero-order valence-corrected chi connectivity index (χ0v) is 13.8. The van der Waals surface area contributed by atoms with E-state index < -0.39 is 0 Å². The average Bonchev–Trinajstić information content (AvgIpc) is 2.53. The van der Waals surface area contributed by atoms with Crippen LogP contribution in [0.1, 0.15) is 18.4 Å². The van der Waals surface area contributed by atoms with E-state index >= 15 is 0 Å². The molecule has 0 spiro atoms. The second-order valence-corrected chi connectivity index (χ2v) is 6.08. The summed E-state index contributed by atoms with van der Waals surface area (Å²) in [5.41, 5.74) is 0.446. The van der Waals surface area contributed by atoms with Crippen LogP contribution in [0.25, 0.3) is 0 Å². The minimum atomic E-state index is -0.00858. The van der Waals surface area contributed by atoms with Crippen LogP contribution in [0.3, 0.4) is 0 Å². The molecule has 7 heteroatoms. The molecule has 2 rings (SSSR count). The first-order valence-corrected chi connectivity index (χ1v) is 7.56. The van der Waals surface area contributed by atoms with Gasteiger partial charge in [0.05, 0.1) is 16.6 Å². The smallest absolute Gasteiger partial charge is 0.319 e. The van der Waals surface area contributed by atoms with Gasteiger partial charge in [0.25, 0.3) is 0 Å². The Morgan fingerprint density at radius 1 is 1.50 bits per heavy atom. The molecule has 1 aliphatic heterocycles. The third-order valence-corrected chi connectivity index (χ3v) is 4.16. The van der Waals surface area contributed by atoms with Crippen LogP contribution in [0, 0.1) is 11.3 Å². The monoisotopic (exact) mass is 321 g/mol. The molecule has 1 aromatic heterocycles. The lowest BCUT2D eigenvalue weighted by atomic mass is 10.0. The molecule has 118 valence electrons. The van der Waals surface area contributed by atoms with Crippen molar-refractivity contribution in [3.05, 3.63) is 22.8 Å². The highest BCUT2D eigenvalue weighted by molar-refractivity contribution is 6.33. The normalized spacial score (nSPS) is 17.8. The summed E-state index contributed by atoms with van der Waals surface area (Å²) >= 11 is 6.24. The summed E-state index contributed by atoms with van der Waals surface area (Å²) in [6.45, 7) is 1.54. The quantitative estimate of drug-likeness (QED) is 0.837. The molecule has 1 aromatic rings. The minimum Gasteiger partial charge on any atom is -0.353 e. The van der Waals surface area contributed by atoms with Crippen molar-refractivity contribution in [1.29, 1.82) is 5.26 Å². The zero-order valence-electron chi connectivity index (χ0n) is 13.1. The molecular formula is C15H20ClN5O. The SMILES string of the molecule is CN(C)C(=O)N(C)C1CCCN(c2ncc(C#N)cc2Cl)C1. The Bertz CT molecular complexity index is 598. The maximum Gasteiger partial charge on any atom is 0.319 e. The topological polar surface area (TPSA) is 63.5 Å². The lowest BCUT2D eigenvalue weighted by Gasteiger charge is -2.39. The standard InChI is InChI=1S/C15H20ClN5O/c1-19(2)15(22)20(3)12-5-4-6-21(10-12)14-13(16)7-11(8-17)9-18-14/h7,9,12H,4-6,10H2,1-3H3. The van der Waals surface area contributed by atoms with Crippen molar-refractivity contribution in [1.82, 2.24) is 14.8 Å². The second kappa shape index (κ2) is 6.84. The minimum absolute atomic E-state index is 0.00858. The summed E-state index contributed by atoms with van der Waals surface area (Å²) < 4.78 is 0. The number of hydrogen-bond acceptors (Lipinski definition) is 4. The number of urea groups is 1. The highest BCUT2D eigenvalue weighted by atomic mass is 35.5. The first-order chi connectivity index (χ1) is 10.4. The molecule has 2 heterocycles. The van der Waals surface area contributed by atoms with Gasteiger partial charge in [-0.2, -0.15) is 5.26 Å². The number of rotatable bonds is 2. The van der Waals surface area contributed by atoms with Crippen LogP contribution < -0.4 is 4.90 Å². The van der Waals surface area contributed by atoms with Gasteiger partial charge in [-0.15, -0.1) is 0 Å². The van der Waals surface area contributed by atoms with Gasteiger partial charge in [-0.3, -0.25) is 0 Å². The van der Waals surface area contributed by atoms with Crippen molar-refractivity contribution in [2.75, 3.05) is 39.1 Å². The summed E-state index contributed by atoms with van der Waals surface area (Å²) in [6.07, 6.45) is 3.45. The molecule has 0 aliphatic carbocycles. The zero-order chi connectivity index (χ0) is 16.3. The van der Waals surface area contributed by atoms with Crippen LogP contribution in [0.4, 0.5) is 10.6 Å². The number of nitrogens with zero attached hydrogens (tertiary/aromatic N) is 5. The number of aromatic nitrogens is 1. The first-order valence-electron chi connectivity index (χ1n) is 7.18. The van der Waals surface area contributed by atoms with Crippen molar-refractivity contribution in [2.24, 2.45) is 0 Å². The van der Waals surface area contributed by atoms with Gasteiger partial charge in [-0.05, 0) is 18.9 Å². The van der Waals surface area contributed by atoms with Gasteiger partial charge in [-0.1, -0.05) is 11.6 Å². The summed E-state index contributed by atoms with van der Waals surface area (Å²) in [6, 6.07) is 3.77. The molecule has 0 saturated carbocycles. The lowest BCUT2D eigenvalue weighted by Crippen LogP contribution is -2.51. The molecule has 2 amide bonds. The Balaban J connectivity index is 2.14. The largest absolute Gasteiger partial charge is 0.353 e. The number of carbonyl (C=O) groups is 1. The van der Waals surface area contributed by atoms with Crippen molar-refractivity contribution >= 4 is 23.4 Å². The van der Waals surface area contributed by atoms with Gasteiger partial charge in [0.1, 0.15) is 11.9 Å². The maximum absolute atomic E-state index is 12.1. The van der Waals surface area contributed by atoms with Crippen LogP contribution in [0.2, 0.25) is 5.02 Å². The molecule has 1 fully saturated rings. The Hall–Kier alpha value is -2.00. The highest BCUT2D eigenvalue weighted by Gasteiger charge is 2.28. The number of pyridine rings is 1. The van der Waals surface area contributed by atoms with Gasteiger partial charge < -0.3 is 14.7 Å². The lowest BCUT2D eigenvalue weighted by molar-refractivity contribution is 0.157. The van der Waals surface area contributed by atoms with Crippen LogP contribution in [-0.4, -0.2) is 61.1 Å². The van der Waals surface area contributed by atoms with E-state index in [-0.39, 0.29) is 12.1 Å². The van der Waals surface area contributed by atoms with E-state index in [0.717, 1.165) is 19.4 Å². The molecule has 1 saturated heterocycles. The van der Waals surface area contributed by atoms with E-state index in [1.54, 1.807) is 30.0 Å². The first kappa shape index (κ1) is 16.4. The van der Waals surface area contributed by atoms with E-state index in [0.29, 0.717) is 22.9 Å². The Kier molecular flexibility index (Phi) is 5.09. The number of anilines is 1. The van der Waals surface area contributed by atoms with E-state index in [2.05, 4.69) is 9.88 Å². The number of hydrogen-bond donors (Lipinski definition) is 0. The molecule has 0 radical (unpaired) electrons. The van der Waals surface area contributed by atoms with Crippen molar-refractivity contribution in [3.63, 3.8) is 0 Å². The molecule has 22 heavy (non-hydrogen) atoms. The number of amides is 2. The predicted octanol–water partition coefficient (Wildman–Crippen LogP) is 2.19.